The standard InChI is InChI=1S/C17H16ClNO5/c1-22-13-6-4-5-12(9-13)19-16(20)10-24-17(21)11-23-15-8-3-2-7-14(15)18/h2-9H,10-11H2,1H3,(H,19,20). The summed E-state index contributed by atoms with van der Waals surface area (Å²) in [7, 11) is 1.53. The van der Waals surface area contributed by atoms with E-state index in [1.165, 1.54) is 7.11 Å². The summed E-state index contributed by atoms with van der Waals surface area (Å²) in [6.45, 7) is -0.752. The van der Waals surface area contributed by atoms with Crippen molar-refractivity contribution in [3.63, 3.8) is 0 Å². The van der Waals surface area contributed by atoms with Crippen LogP contribution in [0.25, 0.3) is 0 Å². The second-order valence-electron chi connectivity index (χ2n) is 4.66. The van der Waals surface area contributed by atoms with Gasteiger partial charge in [0, 0.05) is 11.8 Å². The van der Waals surface area contributed by atoms with E-state index in [-0.39, 0.29) is 6.61 Å². The summed E-state index contributed by atoms with van der Waals surface area (Å²) < 4.78 is 15.1. The monoisotopic (exact) mass is 349 g/mol. The van der Waals surface area contributed by atoms with Crippen molar-refractivity contribution in [2.24, 2.45) is 0 Å². The summed E-state index contributed by atoms with van der Waals surface area (Å²) in [5.41, 5.74) is 0.544. The van der Waals surface area contributed by atoms with Crippen LogP contribution in [0.3, 0.4) is 0 Å². The van der Waals surface area contributed by atoms with Crippen molar-refractivity contribution in [2.75, 3.05) is 25.6 Å². The number of amides is 1. The third-order valence-corrected chi connectivity index (χ3v) is 3.21. The minimum atomic E-state index is -0.671. The number of ether oxygens (including phenoxy) is 3. The van der Waals surface area contributed by atoms with Gasteiger partial charge in [0.05, 0.1) is 12.1 Å². The molecule has 0 radical (unpaired) electrons. The van der Waals surface area contributed by atoms with E-state index in [0.29, 0.717) is 22.2 Å². The summed E-state index contributed by atoms with van der Waals surface area (Å²) >= 11 is 5.90. The molecule has 0 aliphatic rings. The molecule has 0 aromatic heterocycles. The van der Waals surface area contributed by atoms with Crippen molar-refractivity contribution in [1.82, 2.24) is 0 Å². The van der Waals surface area contributed by atoms with E-state index in [0.717, 1.165) is 0 Å². The molecule has 0 unspecified atom stereocenters. The topological polar surface area (TPSA) is 73.9 Å². The van der Waals surface area contributed by atoms with Gasteiger partial charge in [-0.15, -0.1) is 0 Å². The highest BCUT2D eigenvalue weighted by atomic mass is 35.5. The minimum absolute atomic E-state index is 0.337. The van der Waals surface area contributed by atoms with E-state index in [2.05, 4.69) is 5.32 Å². The Balaban J connectivity index is 1.75. The highest BCUT2D eigenvalue weighted by Gasteiger charge is 2.10. The van der Waals surface area contributed by atoms with E-state index >= 15 is 0 Å². The highest BCUT2D eigenvalue weighted by molar-refractivity contribution is 6.32. The maximum absolute atomic E-state index is 11.8. The molecule has 0 atom stereocenters. The Morgan fingerprint density at radius 1 is 1.08 bits per heavy atom. The van der Waals surface area contributed by atoms with Gasteiger partial charge in [-0.25, -0.2) is 4.79 Å². The third kappa shape index (κ3) is 5.48. The molecular formula is C17H16ClNO5. The van der Waals surface area contributed by atoms with Crippen LogP contribution in [0.4, 0.5) is 5.69 Å². The molecule has 6 nitrogen and oxygen atoms in total. The van der Waals surface area contributed by atoms with Crippen LogP contribution in [0.2, 0.25) is 5.02 Å². The molecule has 2 aromatic rings. The average molecular weight is 350 g/mol. The van der Waals surface area contributed by atoms with E-state index in [1.807, 2.05) is 0 Å². The lowest BCUT2D eigenvalue weighted by Gasteiger charge is -2.09. The van der Waals surface area contributed by atoms with Crippen LogP contribution >= 0.6 is 11.6 Å². The van der Waals surface area contributed by atoms with Crippen molar-refractivity contribution in [3.8, 4) is 11.5 Å². The van der Waals surface area contributed by atoms with Gasteiger partial charge in [0.25, 0.3) is 5.91 Å². The molecule has 1 amide bonds. The summed E-state index contributed by atoms with van der Waals surface area (Å²) in [5.74, 6) is -0.153. The smallest absolute Gasteiger partial charge is 0.344 e. The first-order valence-electron chi connectivity index (χ1n) is 7.05. The van der Waals surface area contributed by atoms with Gasteiger partial charge in [0.15, 0.2) is 13.2 Å². The number of esters is 1. The fourth-order valence-electron chi connectivity index (χ4n) is 1.78. The molecule has 0 aliphatic carbocycles. The van der Waals surface area contributed by atoms with Gasteiger partial charge < -0.3 is 19.5 Å². The Morgan fingerprint density at radius 2 is 1.88 bits per heavy atom. The number of hydrogen-bond acceptors (Lipinski definition) is 5. The number of carbonyl (C=O) groups excluding carboxylic acids is 2. The van der Waals surface area contributed by atoms with Gasteiger partial charge in [-0.2, -0.15) is 0 Å². The van der Waals surface area contributed by atoms with Crippen LogP contribution in [0, 0.1) is 0 Å². The number of hydrogen-bond donors (Lipinski definition) is 1. The second-order valence-corrected chi connectivity index (χ2v) is 5.07. The Bertz CT molecular complexity index is 720. The lowest BCUT2D eigenvalue weighted by molar-refractivity contribution is -0.149. The maximum Gasteiger partial charge on any atom is 0.344 e. The van der Waals surface area contributed by atoms with Crippen molar-refractivity contribution in [3.05, 3.63) is 53.6 Å². The molecule has 126 valence electrons. The summed E-state index contributed by atoms with van der Waals surface area (Å²) in [6, 6.07) is 13.6. The van der Waals surface area contributed by atoms with Crippen LogP contribution in [0.1, 0.15) is 0 Å². The minimum Gasteiger partial charge on any atom is -0.497 e. The van der Waals surface area contributed by atoms with Crippen molar-refractivity contribution >= 4 is 29.2 Å². The number of halogens is 1. The van der Waals surface area contributed by atoms with Gasteiger partial charge in [0.1, 0.15) is 11.5 Å². The Morgan fingerprint density at radius 3 is 2.62 bits per heavy atom. The lowest BCUT2D eigenvalue weighted by atomic mass is 10.3. The summed E-state index contributed by atoms with van der Waals surface area (Å²) in [4.78, 5) is 23.3. The van der Waals surface area contributed by atoms with Crippen molar-refractivity contribution < 1.29 is 23.8 Å². The molecule has 7 heteroatoms. The van der Waals surface area contributed by atoms with Crippen molar-refractivity contribution in [2.45, 2.75) is 0 Å². The van der Waals surface area contributed by atoms with Gasteiger partial charge in [-0.1, -0.05) is 29.8 Å². The van der Waals surface area contributed by atoms with Crippen LogP contribution in [-0.2, 0) is 14.3 Å². The molecule has 0 aliphatic heterocycles. The highest BCUT2D eigenvalue weighted by Crippen LogP contribution is 2.22. The Hall–Kier alpha value is -2.73. The quantitative estimate of drug-likeness (QED) is 0.778. The lowest BCUT2D eigenvalue weighted by Crippen LogP contribution is -2.23. The number of methoxy groups -OCH3 is 1. The Kier molecular flexibility index (Phi) is 6.45. The number of carbonyl (C=O) groups is 2. The predicted molar refractivity (Wildman–Crippen MR) is 89.5 cm³/mol. The largest absolute Gasteiger partial charge is 0.497 e. The summed E-state index contributed by atoms with van der Waals surface area (Å²) in [6.07, 6.45) is 0. The molecule has 0 spiro atoms. The molecular weight excluding hydrogens is 334 g/mol. The van der Waals surface area contributed by atoms with E-state index in [1.54, 1.807) is 48.5 Å². The summed E-state index contributed by atoms with van der Waals surface area (Å²) in [5, 5.41) is 2.99. The molecule has 0 bridgehead atoms. The fraction of sp³-hybridized carbons (Fsp3) is 0.176. The predicted octanol–water partition coefficient (Wildman–Crippen LogP) is 2.91. The number of rotatable bonds is 7. The van der Waals surface area contributed by atoms with Gasteiger partial charge in [-0.3, -0.25) is 4.79 Å². The van der Waals surface area contributed by atoms with Gasteiger partial charge >= 0.3 is 5.97 Å². The number of nitrogens with one attached hydrogen (secondary N) is 1. The number of anilines is 1. The van der Waals surface area contributed by atoms with E-state index in [9.17, 15) is 9.59 Å². The number of para-hydroxylation sites is 1. The fourth-order valence-corrected chi connectivity index (χ4v) is 1.97. The normalized spacial score (nSPS) is 9.92. The molecule has 0 saturated heterocycles. The van der Waals surface area contributed by atoms with Crippen LogP contribution < -0.4 is 14.8 Å². The van der Waals surface area contributed by atoms with E-state index in [4.69, 9.17) is 25.8 Å². The van der Waals surface area contributed by atoms with Gasteiger partial charge in [0.2, 0.25) is 0 Å². The maximum atomic E-state index is 11.8. The molecule has 2 aromatic carbocycles. The number of benzene rings is 2. The van der Waals surface area contributed by atoms with E-state index < -0.39 is 18.5 Å². The average Bonchev–Trinajstić information content (AvgIpc) is 2.59. The van der Waals surface area contributed by atoms with Crippen LogP contribution in [0.15, 0.2) is 48.5 Å². The molecule has 24 heavy (non-hydrogen) atoms. The molecule has 2 rings (SSSR count). The van der Waals surface area contributed by atoms with Crippen LogP contribution in [0.5, 0.6) is 11.5 Å². The van der Waals surface area contributed by atoms with Gasteiger partial charge in [-0.05, 0) is 24.3 Å². The van der Waals surface area contributed by atoms with Crippen LogP contribution in [-0.4, -0.2) is 32.2 Å². The second kappa shape index (κ2) is 8.79. The zero-order valence-corrected chi connectivity index (χ0v) is 13.7. The first-order valence-corrected chi connectivity index (χ1v) is 7.43. The Labute approximate surface area is 144 Å². The molecule has 1 N–H and O–H groups in total. The zero-order chi connectivity index (χ0) is 17.4. The molecule has 0 saturated carbocycles. The van der Waals surface area contributed by atoms with Crippen molar-refractivity contribution in [1.29, 1.82) is 0 Å². The first kappa shape index (κ1) is 17.6. The third-order valence-electron chi connectivity index (χ3n) is 2.90. The first-order chi connectivity index (χ1) is 11.6. The zero-order valence-electron chi connectivity index (χ0n) is 13.0. The molecule has 0 heterocycles. The SMILES string of the molecule is COc1cccc(NC(=O)COC(=O)COc2ccccc2Cl)c1. The molecule has 0 fully saturated rings.